The van der Waals surface area contributed by atoms with Crippen LogP contribution in [0.1, 0.15) is 42.5 Å². The predicted molar refractivity (Wildman–Crippen MR) is 153 cm³/mol. The Hall–Kier alpha value is -3.89. The molecular weight excluding hydrogens is 505 g/mol. The molecule has 1 aliphatic carbocycles. The SMILES string of the molecule is CCCN1CC2CNC(c3ccc(Nc4nc(N)nn4-c4cc5c(nn4)-c4ccccc4CCC5)cc3F)C2C1. The molecule has 4 N–H and O–H groups in total. The highest BCUT2D eigenvalue weighted by atomic mass is 19.1. The lowest BCUT2D eigenvalue weighted by Crippen LogP contribution is -2.28. The van der Waals surface area contributed by atoms with Crippen LogP contribution in [0.5, 0.6) is 0 Å². The number of hydrogen-bond acceptors (Lipinski definition) is 8. The van der Waals surface area contributed by atoms with Gasteiger partial charge in [-0.15, -0.1) is 15.3 Å². The number of anilines is 3. The number of benzene rings is 2. The molecule has 40 heavy (non-hydrogen) atoms. The number of likely N-dealkylation sites (tertiary alicyclic amines) is 1. The van der Waals surface area contributed by atoms with Crippen molar-refractivity contribution in [1.29, 1.82) is 0 Å². The zero-order valence-corrected chi connectivity index (χ0v) is 22.6. The molecule has 10 heteroatoms. The van der Waals surface area contributed by atoms with Gasteiger partial charge < -0.3 is 21.3 Å². The first kappa shape index (κ1) is 25.1. The van der Waals surface area contributed by atoms with Crippen LogP contribution in [-0.2, 0) is 12.8 Å². The number of halogens is 1. The van der Waals surface area contributed by atoms with Crippen LogP contribution in [0.2, 0.25) is 0 Å². The van der Waals surface area contributed by atoms with Gasteiger partial charge in [-0.25, -0.2) is 4.39 Å². The Balaban J connectivity index is 1.14. The second-order valence-corrected chi connectivity index (χ2v) is 11.2. The van der Waals surface area contributed by atoms with E-state index in [1.165, 1.54) is 16.3 Å². The Morgan fingerprint density at radius 2 is 1.95 bits per heavy atom. The molecule has 2 aromatic heterocycles. The molecule has 0 bridgehead atoms. The molecule has 3 atom stereocenters. The molecule has 0 saturated carbocycles. The molecule has 7 rings (SSSR count). The highest BCUT2D eigenvalue weighted by molar-refractivity contribution is 5.68. The average Bonchev–Trinajstić information content (AvgIpc) is 3.60. The van der Waals surface area contributed by atoms with Crippen LogP contribution >= 0.6 is 0 Å². The number of nitrogen functional groups attached to an aromatic ring is 1. The number of nitrogens with one attached hydrogen (secondary N) is 2. The van der Waals surface area contributed by atoms with Crippen LogP contribution in [0.25, 0.3) is 17.1 Å². The first-order chi connectivity index (χ1) is 19.6. The van der Waals surface area contributed by atoms with E-state index in [1.54, 1.807) is 0 Å². The first-order valence-corrected chi connectivity index (χ1v) is 14.3. The van der Waals surface area contributed by atoms with Crippen LogP contribution in [0.4, 0.5) is 22.0 Å². The fraction of sp³-hybridized carbons (Fsp3) is 0.400. The molecule has 2 aliphatic heterocycles. The van der Waals surface area contributed by atoms with Crippen molar-refractivity contribution in [3.05, 3.63) is 71.0 Å². The number of fused-ring (bicyclic) bond motifs is 4. The van der Waals surface area contributed by atoms with Gasteiger partial charge in [0.2, 0.25) is 11.9 Å². The third kappa shape index (κ3) is 4.50. The van der Waals surface area contributed by atoms with Gasteiger partial charge in [-0.2, -0.15) is 9.67 Å². The van der Waals surface area contributed by atoms with Gasteiger partial charge in [0.1, 0.15) is 5.82 Å². The Morgan fingerprint density at radius 1 is 1.07 bits per heavy atom. The van der Waals surface area contributed by atoms with E-state index in [2.05, 4.69) is 60.9 Å². The fourth-order valence-electron chi connectivity index (χ4n) is 6.78. The van der Waals surface area contributed by atoms with E-state index < -0.39 is 0 Å². The minimum Gasteiger partial charge on any atom is -0.366 e. The van der Waals surface area contributed by atoms with Gasteiger partial charge in [-0.05, 0) is 73.4 Å². The van der Waals surface area contributed by atoms with E-state index in [4.69, 9.17) is 5.73 Å². The van der Waals surface area contributed by atoms with Crippen LogP contribution < -0.4 is 16.4 Å². The van der Waals surface area contributed by atoms with E-state index >= 15 is 4.39 Å². The van der Waals surface area contributed by atoms with Crippen molar-refractivity contribution in [1.82, 2.24) is 35.2 Å². The van der Waals surface area contributed by atoms with Gasteiger partial charge in [0, 0.05) is 42.5 Å². The normalized spacial score (nSPS) is 22.0. The van der Waals surface area contributed by atoms with E-state index in [9.17, 15) is 0 Å². The number of nitrogens with zero attached hydrogens (tertiary/aromatic N) is 6. The summed E-state index contributed by atoms with van der Waals surface area (Å²) < 4.78 is 17.0. The predicted octanol–water partition coefficient (Wildman–Crippen LogP) is 4.28. The van der Waals surface area contributed by atoms with Crippen molar-refractivity contribution >= 4 is 17.6 Å². The Morgan fingerprint density at radius 3 is 2.83 bits per heavy atom. The Kier molecular flexibility index (Phi) is 6.44. The average molecular weight is 540 g/mol. The number of aryl methyl sites for hydroxylation is 2. The lowest BCUT2D eigenvalue weighted by molar-refractivity contribution is 0.301. The number of hydrogen-bond donors (Lipinski definition) is 3. The highest BCUT2D eigenvalue weighted by Crippen LogP contribution is 2.40. The monoisotopic (exact) mass is 539 g/mol. The minimum absolute atomic E-state index is 0.0279. The fourth-order valence-corrected chi connectivity index (χ4v) is 6.78. The zero-order chi connectivity index (χ0) is 27.2. The molecule has 3 aliphatic rings. The summed E-state index contributed by atoms with van der Waals surface area (Å²) >= 11 is 0. The maximum atomic E-state index is 15.5. The molecule has 0 spiro atoms. The van der Waals surface area contributed by atoms with Crippen LogP contribution in [0, 0.1) is 17.7 Å². The van der Waals surface area contributed by atoms with Gasteiger partial charge in [-0.1, -0.05) is 37.3 Å². The molecular formula is C30H34FN9. The summed E-state index contributed by atoms with van der Waals surface area (Å²) in [5.74, 6) is 1.74. The van der Waals surface area contributed by atoms with Gasteiger partial charge in [0.15, 0.2) is 5.82 Å². The first-order valence-electron chi connectivity index (χ1n) is 14.3. The Labute approximate surface area is 233 Å². The quantitative estimate of drug-likeness (QED) is 0.333. The minimum atomic E-state index is -0.236. The molecule has 0 amide bonds. The largest absolute Gasteiger partial charge is 0.366 e. The van der Waals surface area contributed by atoms with Crippen molar-refractivity contribution in [3.8, 4) is 17.1 Å². The van der Waals surface area contributed by atoms with Crippen molar-refractivity contribution in [2.45, 2.75) is 38.6 Å². The maximum Gasteiger partial charge on any atom is 0.241 e. The molecule has 4 aromatic rings. The topological polar surface area (TPSA) is 110 Å². The molecule has 4 heterocycles. The van der Waals surface area contributed by atoms with Crippen molar-refractivity contribution in [2.75, 3.05) is 37.2 Å². The van der Waals surface area contributed by atoms with Crippen LogP contribution in [-0.4, -0.2) is 56.0 Å². The number of rotatable bonds is 6. The second-order valence-electron chi connectivity index (χ2n) is 11.2. The second kappa shape index (κ2) is 10.3. The van der Waals surface area contributed by atoms with Gasteiger partial charge in [0.25, 0.3) is 0 Å². The summed E-state index contributed by atoms with van der Waals surface area (Å²) in [5, 5.41) is 20.2. The molecule has 0 radical (unpaired) electrons. The molecule has 3 unspecified atom stereocenters. The summed E-state index contributed by atoms with van der Waals surface area (Å²) in [6.45, 7) is 6.37. The number of nitrogens with two attached hydrogens (primary N) is 1. The third-order valence-electron chi connectivity index (χ3n) is 8.59. The van der Waals surface area contributed by atoms with Crippen molar-refractivity contribution in [2.24, 2.45) is 11.8 Å². The molecule has 2 fully saturated rings. The smallest absolute Gasteiger partial charge is 0.241 e. The summed E-state index contributed by atoms with van der Waals surface area (Å²) in [7, 11) is 0. The van der Waals surface area contributed by atoms with Crippen molar-refractivity contribution < 1.29 is 4.39 Å². The van der Waals surface area contributed by atoms with E-state index in [0.29, 0.717) is 34.9 Å². The van der Waals surface area contributed by atoms with Gasteiger partial charge >= 0.3 is 0 Å². The molecule has 2 saturated heterocycles. The summed E-state index contributed by atoms with van der Waals surface area (Å²) in [6, 6.07) is 15.7. The molecule has 9 nitrogen and oxygen atoms in total. The van der Waals surface area contributed by atoms with E-state index in [0.717, 1.165) is 68.7 Å². The standard InChI is InChI=1S/C30H34FN9/c1-2-12-39-16-20-15-33-28(24(20)17-39)23-11-10-21(14-25(23)31)34-30-35-29(32)38-40(30)26-13-19-8-5-7-18-6-3-4-9-22(18)27(19)37-36-26/h3-4,6,9-11,13-14,20,24,28,33H,2,5,7-8,12,15-17H2,1H3,(H3,32,34,35,38). The van der Waals surface area contributed by atoms with Crippen LogP contribution in [0.3, 0.4) is 0 Å². The summed E-state index contributed by atoms with van der Waals surface area (Å²) in [5.41, 5.74) is 11.7. The lowest BCUT2D eigenvalue weighted by atomic mass is 9.89. The summed E-state index contributed by atoms with van der Waals surface area (Å²) in [4.78, 5) is 6.87. The summed E-state index contributed by atoms with van der Waals surface area (Å²) in [6.07, 6.45) is 4.06. The van der Waals surface area contributed by atoms with Crippen molar-refractivity contribution in [3.63, 3.8) is 0 Å². The van der Waals surface area contributed by atoms with Crippen LogP contribution in [0.15, 0.2) is 48.5 Å². The lowest BCUT2D eigenvalue weighted by Gasteiger charge is -2.22. The highest BCUT2D eigenvalue weighted by Gasteiger charge is 2.43. The van der Waals surface area contributed by atoms with E-state index in [-0.39, 0.29) is 17.8 Å². The maximum absolute atomic E-state index is 15.5. The third-order valence-corrected chi connectivity index (χ3v) is 8.59. The molecule has 2 aromatic carbocycles. The van der Waals surface area contributed by atoms with Gasteiger partial charge in [0.05, 0.1) is 5.69 Å². The molecule has 206 valence electrons. The number of aromatic nitrogens is 5. The van der Waals surface area contributed by atoms with E-state index in [1.807, 2.05) is 24.3 Å². The van der Waals surface area contributed by atoms with Gasteiger partial charge in [-0.3, -0.25) is 0 Å². The Bertz CT molecular complexity index is 1550. The zero-order valence-electron chi connectivity index (χ0n) is 22.6.